The number of carbonyl (C=O) groups excluding carboxylic acids is 1. The molecule has 1 amide bonds. The molecule has 2 bridgehead atoms. The number of aromatic nitrogens is 3. The highest BCUT2D eigenvalue weighted by molar-refractivity contribution is 6.05. The van der Waals surface area contributed by atoms with Crippen LogP contribution in [0.4, 0.5) is 0 Å². The van der Waals surface area contributed by atoms with Gasteiger partial charge in [0, 0.05) is 36.1 Å². The molecule has 25 heavy (non-hydrogen) atoms. The van der Waals surface area contributed by atoms with Crippen LogP contribution in [-0.4, -0.2) is 51.2 Å². The Morgan fingerprint density at radius 1 is 1.20 bits per heavy atom. The van der Waals surface area contributed by atoms with E-state index in [4.69, 9.17) is 0 Å². The summed E-state index contributed by atoms with van der Waals surface area (Å²) in [6, 6.07) is 10.2. The second-order valence-electron chi connectivity index (χ2n) is 7.11. The fraction of sp³-hybridized carbons (Fsp3) is 0.368. The van der Waals surface area contributed by atoms with Gasteiger partial charge in [-0.25, -0.2) is 0 Å². The molecule has 0 saturated carbocycles. The first-order valence-corrected chi connectivity index (χ1v) is 8.92. The molecule has 3 aliphatic rings. The van der Waals surface area contributed by atoms with Crippen molar-refractivity contribution < 1.29 is 4.79 Å². The molecular formula is C19H21N5O. The zero-order chi connectivity index (χ0) is 16.8. The van der Waals surface area contributed by atoms with Crippen LogP contribution < -0.4 is 5.32 Å². The number of carbonyl (C=O) groups is 1. The number of nitrogens with one attached hydrogen (secondary N) is 2. The molecule has 0 aliphatic carbocycles. The molecule has 3 aliphatic heterocycles. The fourth-order valence-electron chi connectivity index (χ4n) is 4.21. The second kappa shape index (κ2) is 5.74. The van der Waals surface area contributed by atoms with Crippen LogP contribution in [-0.2, 0) is 0 Å². The molecule has 2 N–H and O–H groups in total. The van der Waals surface area contributed by atoms with Crippen LogP contribution in [0.3, 0.4) is 0 Å². The lowest BCUT2D eigenvalue weighted by Crippen LogP contribution is -2.57. The van der Waals surface area contributed by atoms with Gasteiger partial charge >= 0.3 is 0 Å². The largest absolute Gasteiger partial charge is 0.346 e. The molecule has 6 heteroatoms. The van der Waals surface area contributed by atoms with Gasteiger partial charge in [0.25, 0.3) is 5.91 Å². The second-order valence-corrected chi connectivity index (χ2v) is 7.11. The summed E-state index contributed by atoms with van der Waals surface area (Å²) in [4.78, 5) is 15.3. The van der Waals surface area contributed by atoms with E-state index < -0.39 is 0 Å². The zero-order valence-electron chi connectivity index (χ0n) is 14.0. The van der Waals surface area contributed by atoms with Crippen molar-refractivity contribution in [3.05, 3.63) is 48.4 Å². The van der Waals surface area contributed by atoms with E-state index in [9.17, 15) is 4.79 Å². The van der Waals surface area contributed by atoms with Gasteiger partial charge in [0.15, 0.2) is 5.69 Å². The van der Waals surface area contributed by atoms with Crippen molar-refractivity contribution in [3.8, 4) is 5.69 Å². The maximum atomic E-state index is 12.8. The molecule has 2 aromatic heterocycles. The first kappa shape index (κ1) is 14.7. The average Bonchev–Trinajstić information content (AvgIpc) is 3.32. The average molecular weight is 335 g/mol. The van der Waals surface area contributed by atoms with Crippen LogP contribution >= 0.6 is 0 Å². The number of hydrogen-bond donors (Lipinski definition) is 2. The summed E-state index contributed by atoms with van der Waals surface area (Å²) in [6.45, 7) is 3.30. The van der Waals surface area contributed by atoms with Gasteiger partial charge in [-0.1, -0.05) is 0 Å². The van der Waals surface area contributed by atoms with E-state index >= 15 is 0 Å². The normalized spacial score (nSPS) is 25.4. The highest BCUT2D eigenvalue weighted by atomic mass is 16.2. The van der Waals surface area contributed by atoms with E-state index in [2.05, 4.69) is 20.4 Å². The van der Waals surface area contributed by atoms with Crippen molar-refractivity contribution in [2.45, 2.75) is 18.9 Å². The smallest absolute Gasteiger partial charge is 0.272 e. The monoisotopic (exact) mass is 335 g/mol. The Labute approximate surface area is 145 Å². The number of benzene rings is 1. The van der Waals surface area contributed by atoms with E-state index in [0.29, 0.717) is 11.6 Å². The molecule has 6 nitrogen and oxygen atoms in total. The third-order valence-electron chi connectivity index (χ3n) is 5.64. The Bertz CT molecular complexity index is 905. The highest BCUT2D eigenvalue weighted by Gasteiger charge is 2.35. The van der Waals surface area contributed by atoms with E-state index in [1.807, 2.05) is 47.3 Å². The highest BCUT2D eigenvalue weighted by Crippen LogP contribution is 2.28. The Morgan fingerprint density at radius 3 is 2.72 bits per heavy atom. The minimum atomic E-state index is -0.0744. The number of H-pyrrole nitrogens is 1. The molecular weight excluding hydrogens is 314 g/mol. The molecule has 1 aromatic carbocycles. The van der Waals surface area contributed by atoms with Crippen LogP contribution in [0.5, 0.6) is 0 Å². The number of fused-ring (bicyclic) bond motifs is 4. The molecule has 5 heterocycles. The Balaban J connectivity index is 1.44. The van der Waals surface area contributed by atoms with E-state index in [1.54, 1.807) is 0 Å². The van der Waals surface area contributed by atoms with Gasteiger partial charge < -0.3 is 14.8 Å². The molecule has 1 atom stereocenters. The third-order valence-corrected chi connectivity index (χ3v) is 5.64. The van der Waals surface area contributed by atoms with Gasteiger partial charge in [-0.15, -0.1) is 0 Å². The summed E-state index contributed by atoms with van der Waals surface area (Å²) in [7, 11) is 0. The number of hydrogen-bond acceptors (Lipinski definition) is 3. The lowest BCUT2D eigenvalue weighted by Gasteiger charge is -2.44. The van der Waals surface area contributed by atoms with Crippen molar-refractivity contribution in [2.24, 2.45) is 5.92 Å². The number of aromatic amines is 1. The molecule has 3 fully saturated rings. The van der Waals surface area contributed by atoms with Crippen molar-refractivity contribution in [1.82, 2.24) is 25.0 Å². The molecule has 0 radical (unpaired) electrons. The van der Waals surface area contributed by atoms with Crippen LogP contribution in [0, 0.1) is 5.92 Å². The summed E-state index contributed by atoms with van der Waals surface area (Å²) in [5.74, 6) is 0.532. The number of nitrogens with zero attached hydrogens (tertiary/aromatic N) is 3. The van der Waals surface area contributed by atoms with E-state index in [-0.39, 0.29) is 11.9 Å². The number of rotatable bonds is 3. The molecule has 128 valence electrons. The molecule has 0 spiro atoms. The van der Waals surface area contributed by atoms with Gasteiger partial charge in [-0.2, -0.15) is 5.10 Å². The predicted molar refractivity (Wildman–Crippen MR) is 95.8 cm³/mol. The van der Waals surface area contributed by atoms with Crippen LogP contribution in [0.1, 0.15) is 23.3 Å². The van der Waals surface area contributed by atoms with Gasteiger partial charge in [0.1, 0.15) is 0 Å². The maximum absolute atomic E-state index is 12.8. The third kappa shape index (κ3) is 2.53. The lowest BCUT2D eigenvalue weighted by molar-refractivity contribution is 0.0618. The van der Waals surface area contributed by atoms with Gasteiger partial charge in [0.05, 0.1) is 5.52 Å². The number of piperidine rings is 3. The molecule has 3 aromatic rings. The fourth-order valence-corrected chi connectivity index (χ4v) is 4.21. The Kier molecular flexibility index (Phi) is 3.38. The summed E-state index contributed by atoms with van der Waals surface area (Å²) in [5.41, 5.74) is 2.39. The summed E-state index contributed by atoms with van der Waals surface area (Å²) < 4.78 is 2.03. The van der Waals surface area contributed by atoms with Crippen molar-refractivity contribution in [3.63, 3.8) is 0 Å². The predicted octanol–water partition coefficient (Wildman–Crippen LogP) is 2.18. The summed E-state index contributed by atoms with van der Waals surface area (Å²) >= 11 is 0. The zero-order valence-corrected chi connectivity index (χ0v) is 14.0. The van der Waals surface area contributed by atoms with Crippen LogP contribution in [0.25, 0.3) is 16.6 Å². The first-order valence-electron chi connectivity index (χ1n) is 8.92. The SMILES string of the molecule is O=C(N[C@@H]1CN2CCC1CC2)c1n[nH]c2ccc(-n3cccc3)cc12. The van der Waals surface area contributed by atoms with Crippen molar-refractivity contribution in [2.75, 3.05) is 19.6 Å². The Morgan fingerprint density at radius 2 is 2.00 bits per heavy atom. The van der Waals surface area contributed by atoms with Crippen LogP contribution in [0.15, 0.2) is 42.7 Å². The van der Waals surface area contributed by atoms with Crippen molar-refractivity contribution in [1.29, 1.82) is 0 Å². The quantitative estimate of drug-likeness (QED) is 0.771. The van der Waals surface area contributed by atoms with E-state index in [1.165, 1.54) is 25.9 Å². The van der Waals surface area contributed by atoms with Gasteiger partial charge in [0.2, 0.25) is 0 Å². The minimum absolute atomic E-state index is 0.0744. The van der Waals surface area contributed by atoms with Crippen LogP contribution in [0.2, 0.25) is 0 Å². The molecule has 6 rings (SSSR count). The summed E-state index contributed by atoms with van der Waals surface area (Å²) in [5, 5.41) is 11.4. The lowest BCUT2D eigenvalue weighted by atomic mass is 9.84. The number of amides is 1. The van der Waals surface area contributed by atoms with Crippen molar-refractivity contribution >= 4 is 16.8 Å². The maximum Gasteiger partial charge on any atom is 0.272 e. The minimum Gasteiger partial charge on any atom is -0.346 e. The van der Waals surface area contributed by atoms with E-state index in [0.717, 1.165) is 23.1 Å². The Hall–Kier alpha value is -2.60. The van der Waals surface area contributed by atoms with Gasteiger partial charge in [-0.3, -0.25) is 9.89 Å². The standard InChI is InChI=1S/C19H21N5O/c25-19(20-17-12-23-9-5-13(17)6-10-23)18-15-11-14(24-7-1-2-8-24)3-4-16(15)21-22-18/h1-4,7-8,11,13,17H,5-6,9-10,12H2,(H,20,25)(H,21,22)/t17-/m1/s1. The van der Waals surface area contributed by atoms with Gasteiger partial charge in [-0.05, 0) is 62.2 Å². The molecule has 3 saturated heterocycles. The molecule has 0 unspecified atom stereocenters. The first-order chi connectivity index (χ1) is 12.3. The summed E-state index contributed by atoms with van der Waals surface area (Å²) in [6.07, 6.45) is 6.36. The topological polar surface area (TPSA) is 66.0 Å².